The molecule has 170 valence electrons. The maximum atomic E-state index is 15.9. The molecule has 1 aliphatic heterocycles. The zero-order chi connectivity index (χ0) is 23.7. The lowest BCUT2D eigenvalue weighted by molar-refractivity contribution is -0.126. The minimum absolute atomic E-state index is 0.103. The summed E-state index contributed by atoms with van der Waals surface area (Å²) in [6.07, 6.45) is 4.22. The van der Waals surface area contributed by atoms with Gasteiger partial charge < -0.3 is 9.80 Å². The Morgan fingerprint density at radius 2 is 1.88 bits per heavy atom. The fraction of sp³-hybridized carbons (Fsp3) is 0.280. The number of carbonyl (C=O) groups is 1. The Hall–Kier alpha value is -3.68. The molecule has 1 saturated heterocycles. The maximum Gasteiger partial charge on any atom is 0.246 e. The molecule has 8 heteroatoms. The number of nitrogens with zero attached hydrogens (tertiary/aromatic N) is 5. The Labute approximate surface area is 191 Å². The molecule has 0 aliphatic carbocycles. The van der Waals surface area contributed by atoms with Crippen LogP contribution in [0.5, 0.6) is 0 Å². The smallest absolute Gasteiger partial charge is 0.246 e. The largest absolute Gasteiger partial charge is 0.352 e. The molecule has 2 heterocycles. The summed E-state index contributed by atoms with van der Waals surface area (Å²) in [6, 6.07) is 4.75. The third-order valence-electron chi connectivity index (χ3n) is 6.00. The first-order valence-corrected chi connectivity index (χ1v) is 10.8. The van der Waals surface area contributed by atoms with Crippen LogP contribution in [0.4, 0.5) is 20.3 Å². The Morgan fingerprint density at radius 1 is 1.15 bits per heavy atom. The van der Waals surface area contributed by atoms with Gasteiger partial charge in [0.1, 0.15) is 23.5 Å². The van der Waals surface area contributed by atoms with Crippen molar-refractivity contribution in [1.82, 2.24) is 14.9 Å². The molecule has 0 bridgehead atoms. The molecule has 2 aromatic carbocycles. The highest BCUT2D eigenvalue weighted by Crippen LogP contribution is 2.40. The second-order valence-corrected chi connectivity index (χ2v) is 7.95. The summed E-state index contributed by atoms with van der Waals surface area (Å²) in [7, 11) is 0. The monoisotopic (exact) mass is 449 g/mol. The van der Waals surface area contributed by atoms with Crippen LogP contribution in [-0.4, -0.2) is 53.2 Å². The lowest BCUT2D eigenvalue weighted by atomic mass is 9.94. The number of piperazine rings is 1. The van der Waals surface area contributed by atoms with E-state index in [1.54, 1.807) is 31.0 Å². The van der Waals surface area contributed by atoms with Crippen molar-refractivity contribution in [2.24, 2.45) is 4.99 Å². The van der Waals surface area contributed by atoms with Crippen molar-refractivity contribution < 1.29 is 13.6 Å². The summed E-state index contributed by atoms with van der Waals surface area (Å²) in [5.41, 5.74) is 2.49. The number of amides is 1. The van der Waals surface area contributed by atoms with Crippen molar-refractivity contribution in [3.8, 4) is 11.1 Å². The summed E-state index contributed by atoms with van der Waals surface area (Å²) in [5.74, 6) is -0.361. The predicted octanol–water partition coefficient (Wildman–Crippen LogP) is 4.75. The minimum atomic E-state index is -0.493. The molecule has 1 fully saturated rings. The molecule has 1 aromatic heterocycles. The molecule has 1 amide bonds. The molecular weight excluding hydrogens is 424 g/mol. The molecule has 4 rings (SSSR count). The van der Waals surface area contributed by atoms with Crippen molar-refractivity contribution in [1.29, 1.82) is 0 Å². The fourth-order valence-electron chi connectivity index (χ4n) is 4.30. The Balaban J connectivity index is 1.82. The number of aryl methyl sites for hydroxylation is 1. The van der Waals surface area contributed by atoms with E-state index in [2.05, 4.69) is 21.5 Å². The summed E-state index contributed by atoms with van der Waals surface area (Å²) < 4.78 is 30.1. The number of anilines is 1. The Kier molecular flexibility index (Phi) is 6.18. The van der Waals surface area contributed by atoms with E-state index in [1.165, 1.54) is 18.5 Å². The maximum absolute atomic E-state index is 15.9. The van der Waals surface area contributed by atoms with Crippen molar-refractivity contribution in [2.45, 2.75) is 20.8 Å². The first-order chi connectivity index (χ1) is 15.9. The Morgan fingerprint density at radius 3 is 2.55 bits per heavy atom. The molecular formula is C25H25F2N5O. The average molecular weight is 450 g/mol. The van der Waals surface area contributed by atoms with Crippen LogP contribution >= 0.6 is 0 Å². The van der Waals surface area contributed by atoms with Crippen LogP contribution in [0.15, 0.2) is 42.2 Å². The quantitative estimate of drug-likeness (QED) is 0.426. The van der Waals surface area contributed by atoms with Gasteiger partial charge in [0.05, 0.1) is 5.69 Å². The van der Waals surface area contributed by atoms with E-state index in [1.807, 2.05) is 17.9 Å². The van der Waals surface area contributed by atoms with Crippen LogP contribution in [-0.2, 0) is 4.79 Å². The number of hydrogen-bond donors (Lipinski definition) is 0. The van der Waals surface area contributed by atoms with Crippen LogP contribution in [0.2, 0.25) is 0 Å². The molecule has 0 unspecified atom stereocenters. The number of fused-ring (bicyclic) bond motifs is 1. The Bertz CT molecular complexity index is 1280. The second kappa shape index (κ2) is 9.05. The van der Waals surface area contributed by atoms with Crippen molar-refractivity contribution in [3.63, 3.8) is 0 Å². The molecule has 6 nitrogen and oxygen atoms in total. The lowest BCUT2D eigenvalue weighted by Crippen LogP contribution is -2.48. The normalized spacial score (nSPS) is 14.3. The van der Waals surface area contributed by atoms with Crippen LogP contribution in [0.3, 0.4) is 0 Å². The van der Waals surface area contributed by atoms with Crippen LogP contribution in [0.1, 0.15) is 18.1 Å². The van der Waals surface area contributed by atoms with Gasteiger partial charge in [-0.15, -0.1) is 0 Å². The molecule has 0 atom stereocenters. The number of benzene rings is 2. The molecule has 0 N–H and O–H groups in total. The van der Waals surface area contributed by atoms with E-state index >= 15 is 4.39 Å². The summed E-state index contributed by atoms with van der Waals surface area (Å²) >= 11 is 0. The highest BCUT2D eigenvalue weighted by molar-refractivity contribution is 5.96. The van der Waals surface area contributed by atoms with Gasteiger partial charge in [0, 0.05) is 54.5 Å². The van der Waals surface area contributed by atoms with Crippen LogP contribution in [0.25, 0.3) is 22.0 Å². The van der Waals surface area contributed by atoms with Crippen molar-refractivity contribution in [2.75, 3.05) is 31.1 Å². The van der Waals surface area contributed by atoms with Gasteiger partial charge in [-0.25, -0.2) is 18.7 Å². The second-order valence-electron chi connectivity index (χ2n) is 7.95. The predicted molar refractivity (Wildman–Crippen MR) is 127 cm³/mol. The summed E-state index contributed by atoms with van der Waals surface area (Å²) in [4.78, 5) is 28.6. The minimum Gasteiger partial charge on any atom is -0.352 e. The highest BCUT2D eigenvalue weighted by atomic mass is 19.1. The zero-order valence-corrected chi connectivity index (χ0v) is 18.9. The van der Waals surface area contributed by atoms with E-state index in [-0.39, 0.29) is 11.4 Å². The average Bonchev–Trinajstić information content (AvgIpc) is 2.82. The number of hydrogen-bond acceptors (Lipinski definition) is 5. The number of halogens is 2. The standard InChI is InChI=1S/C25H25F2N5O/c1-5-20(33)31-9-11-32(12-10-31)25-18-13-15(3)21(22(27)24(18)29-14-30-25)17-7-8-19(26)16(4)23(17)28-6-2/h5-8,13-14H,1,9-12H2,2-4H3. The number of aliphatic imine (C=N–C) groups is 1. The third-order valence-corrected chi connectivity index (χ3v) is 6.00. The zero-order valence-electron chi connectivity index (χ0n) is 18.9. The van der Waals surface area contributed by atoms with E-state index in [4.69, 9.17) is 0 Å². The fourth-order valence-corrected chi connectivity index (χ4v) is 4.30. The van der Waals surface area contributed by atoms with Gasteiger partial charge in [0.15, 0.2) is 5.82 Å². The van der Waals surface area contributed by atoms with Gasteiger partial charge in [0.25, 0.3) is 0 Å². The molecule has 0 saturated carbocycles. The van der Waals surface area contributed by atoms with E-state index in [0.717, 1.165) is 0 Å². The van der Waals surface area contributed by atoms with Gasteiger partial charge in [-0.2, -0.15) is 0 Å². The van der Waals surface area contributed by atoms with Gasteiger partial charge in [-0.3, -0.25) is 9.79 Å². The number of aromatic nitrogens is 2. The van der Waals surface area contributed by atoms with Gasteiger partial charge in [-0.1, -0.05) is 6.58 Å². The first kappa shape index (κ1) is 22.5. The van der Waals surface area contributed by atoms with Gasteiger partial charge >= 0.3 is 0 Å². The lowest BCUT2D eigenvalue weighted by Gasteiger charge is -2.35. The molecule has 33 heavy (non-hydrogen) atoms. The van der Waals surface area contributed by atoms with Gasteiger partial charge in [-0.05, 0) is 50.6 Å². The highest BCUT2D eigenvalue weighted by Gasteiger charge is 2.25. The van der Waals surface area contributed by atoms with E-state index in [0.29, 0.717) is 65.3 Å². The van der Waals surface area contributed by atoms with Crippen molar-refractivity contribution >= 4 is 34.5 Å². The van der Waals surface area contributed by atoms with Crippen LogP contribution in [0, 0.1) is 25.5 Å². The van der Waals surface area contributed by atoms with Crippen LogP contribution < -0.4 is 4.90 Å². The van der Waals surface area contributed by atoms with E-state index in [9.17, 15) is 9.18 Å². The SMILES string of the molecule is C=CC(=O)N1CCN(c2ncnc3c(F)c(-c4ccc(F)c(C)c4N=CC)c(C)cc23)CC1. The topological polar surface area (TPSA) is 61.7 Å². The summed E-state index contributed by atoms with van der Waals surface area (Å²) in [5, 5.41) is 0.596. The number of carbonyl (C=O) groups excluding carboxylic acids is 1. The molecule has 1 aliphatic rings. The van der Waals surface area contributed by atoms with Gasteiger partial charge in [0.2, 0.25) is 5.91 Å². The number of rotatable bonds is 4. The summed E-state index contributed by atoms with van der Waals surface area (Å²) in [6.45, 7) is 10.9. The first-order valence-electron chi connectivity index (χ1n) is 10.8. The van der Waals surface area contributed by atoms with Crippen molar-refractivity contribution in [3.05, 3.63) is 59.9 Å². The van der Waals surface area contributed by atoms with E-state index < -0.39 is 11.6 Å². The third kappa shape index (κ3) is 3.97. The molecule has 0 spiro atoms. The molecule has 3 aromatic rings. The molecule has 0 radical (unpaired) electrons.